The molecule has 156 valence electrons. The molecule has 0 bridgehead atoms. The molecule has 1 aliphatic rings. The van der Waals surface area contributed by atoms with Crippen LogP contribution < -0.4 is 4.90 Å². The maximum atomic E-state index is 14.4. The van der Waals surface area contributed by atoms with E-state index in [4.69, 9.17) is 0 Å². The lowest BCUT2D eigenvalue weighted by Gasteiger charge is -2.39. The number of rotatable bonds is 6. The van der Waals surface area contributed by atoms with Crippen molar-refractivity contribution in [3.8, 4) is 11.4 Å². The fraction of sp³-hybridized carbons (Fsp3) is 0.526. The first-order chi connectivity index (χ1) is 13.8. The molecule has 2 aromatic heterocycles. The van der Waals surface area contributed by atoms with E-state index in [0.717, 1.165) is 0 Å². The first-order valence-corrected chi connectivity index (χ1v) is 9.32. The molecular weight excluding hydrogens is 384 g/mol. The average Bonchev–Trinajstić information content (AvgIpc) is 3.06. The molecule has 2 aromatic rings. The number of piperidine rings is 1. The zero-order valence-electron chi connectivity index (χ0n) is 16.6. The first kappa shape index (κ1) is 20.8. The maximum Gasteiger partial charge on any atom is 0.305 e. The Hall–Kier alpha value is -2.91. The van der Waals surface area contributed by atoms with E-state index in [0.29, 0.717) is 42.0 Å². The van der Waals surface area contributed by atoms with Crippen LogP contribution in [0.4, 0.5) is 14.5 Å². The number of carbonyl (C=O) groups is 2. The Kier molecular flexibility index (Phi) is 5.90. The van der Waals surface area contributed by atoms with Gasteiger partial charge in [-0.1, -0.05) is 12.1 Å². The number of aryl methyl sites for hydroxylation is 2. The van der Waals surface area contributed by atoms with Gasteiger partial charge in [0.05, 0.1) is 37.2 Å². The predicted molar refractivity (Wildman–Crippen MR) is 101 cm³/mol. The van der Waals surface area contributed by atoms with Gasteiger partial charge in [-0.25, -0.2) is 18.4 Å². The molecule has 8 nitrogen and oxygen atoms in total. The molecule has 3 rings (SSSR count). The average molecular weight is 407 g/mol. The van der Waals surface area contributed by atoms with Gasteiger partial charge in [0.1, 0.15) is 11.4 Å². The summed E-state index contributed by atoms with van der Waals surface area (Å²) in [6, 6.07) is 3.36. The van der Waals surface area contributed by atoms with Crippen LogP contribution in [-0.4, -0.2) is 58.4 Å². The molecule has 1 saturated heterocycles. The lowest BCUT2D eigenvalue weighted by molar-refractivity contribution is -0.142. The summed E-state index contributed by atoms with van der Waals surface area (Å²) in [4.78, 5) is 29.0. The number of aldehydes is 1. The van der Waals surface area contributed by atoms with Gasteiger partial charge in [-0.2, -0.15) is 0 Å². The minimum atomic E-state index is -2.92. The first-order valence-electron chi connectivity index (χ1n) is 9.32. The highest BCUT2D eigenvalue weighted by atomic mass is 19.3. The van der Waals surface area contributed by atoms with Gasteiger partial charge in [0.2, 0.25) is 0 Å². The van der Waals surface area contributed by atoms with Crippen LogP contribution in [0.3, 0.4) is 0 Å². The number of nitrogens with zero attached hydrogens (tertiary/aromatic N) is 5. The summed E-state index contributed by atoms with van der Waals surface area (Å²) in [7, 11) is 2.85. The van der Waals surface area contributed by atoms with Crippen molar-refractivity contribution in [2.45, 2.75) is 32.1 Å². The number of hydrogen-bond donors (Lipinski definition) is 0. The van der Waals surface area contributed by atoms with Crippen LogP contribution in [0.2, 0.25) is 0 Å². The third kappa shape index (κ3) is 4.41. The third-order valence-electron chi connectivity index (χ3n) is 5.02. The van der Waals surface area contributed by atoms with Crippen molar-refractivity contribution in [3.05, 3.63) is 23.5 Å². The van der Waals surface area contributed by atoms with Crippen LogP contribution in [0, 0.1) is 5.92 Å². The van der Waals surface area contributed by atoms with Crippen molar-refractivity contribution < 1.29 is 23.1 Å². The fourth-order valence-electron chi connectivity index (χ4n) is 3.70. The summed E-state index contributed by atoms with van der Waals surface area (Å²) in [6.07, 6.45) is 0.745. The summed E-state index contributed by atoms with van der Waals surface area (Å²) in [5, 5.41) is 7.82. The molecule has 0 amide bonds. The van der Waals surface area contributed by atoms with Crippen LogP contribution >= 0.6 is 0 Å². The van der Waals surface area contributed by atoms with Crippen molar-refractivity contribution >= 4 is 17.9 Å². The molecule has 1 aliphatic heterocycles. The van der Waals surface area contributed by atoms with E-state index < -0.39 is 24.4 Å². The molecule has 0 aliphatic carbocycles. The van der Waals surface area contributed by atoms with Gasteiger partial charge in [-0.15, -0.1) is 5.10 Å². The second-order valence-corrected chi connectivity index (χ2v) is 7.17. The molecule has 29 heavy (non-hydrogen) atoms. The maximum absolute atomic E-state index is 14.4. The minimum Gasteiger partial charge on any atom is -0.469 e. The number of carbonyl (C=O) groups excluding carboxylic acids is 2. The molecule has 0 N–H and O–H groups in total. The van der Waals surface area contributed by atoms with Crippen LogP contribution in [-0.2, 0) is 23.0 Å². The lowest BCUT2D eigenvalue weighted by atomic mass is 9.91. The Morgan fingerprint density at radius 2 is 2.17 bits per heavy atom. The minimum absolute atomic E-state index is 0.0577. The van der Waals surface area contributed by atoms with Crippen LogP contribution in [0.25, 0.3) is 11.4 Å². The van der Waals surface area contributed by atoms with Crippen molar-refractivity contribution in [1.29, 1.82) is 0 Å². The van der Waals surface area contributed by atoms with E-state index >= 15 is 0 Å². The summed E-state index contributed by atoms with van der Waals surface area (Å²) >= 11 is 0. The van der Waals surface area contributed by atoms with E-state index in [1.165, 1.54) is 11.8 Å². The molecular formula is C19H23F2N5O3. The molecule has 1 fully saturated rings. The third-order valence-corrected chi connectivity index (χ3v) is 5.02. The number of ether oxygens (including phenoxy) is 1. The number of aromatic nitrogens is 4. The molecule has 3 heterocycles. The Morgan fingerprint density at radius 3 is 2.83 bits per heavy atom. The molecule has 0 saturated carbocycles. The normalized spacial score (nSPS) is 18.5. The molecule has 0 aromatic carbocycles. The number of pyridine rings is 1. The smallest absolute Gasteiger partial charge is 0.305 e. The van der Waals surface area contributed by atoms with Crippen molar-refractivity contribution in [2.75, 3.05) is 25.1 Å². The highest BCUT2D eigenvalue weighted by Gasteiger charge is 2.41. The van der Waals surface area contributed by atoms with E-state index in [9.17, 15) is 18.4 Å². The Bertz CT molecular complexity index is 915. The lowest BCUT2D eigenvalue weighted by Crippen LogP contribution is -2.48. The zero-order valence-corrected chi connectivity index (χ0v) is 16.6. The molecule has 0 unspecified atom stereocenters. The number of esters is 1. The van der Waals surface area contributed by atoms with Gasteiger partial charge in [0.15, 0.2) is 6.29 Å². The summed E-state index contributed by atoms with van der Waals surface area (Å²) in [5.74, 6) is -3.94. The quantitative estimate of drug-likeness (QED) is 0.536. The standard InChI is InChI=1S/C19H23F2N5O3/c1-4-13-15(6-5-14(22-13)18-16(10-27)25(2)24-23-18)26-9-12(7-17(28)29-3)8-19(20,21)11-26/h5-6,10,12H,4,7-9,11H2,1-3H3/t12-/m1/s1. The fourth-order valence-corrected chi connectivity index (χ4v) is 3.70. The molecule has 1 atom stereocenters. The van der Waals surface area contributed by atoms with Crippen molar-refractivity contribution in [2.24, 2.45) is 13.0 Å². The predicted octanol–water partition coefficient (Wildman–Crippen LogP) is 2.28. The largest absolute Gasteiger partial charge is 0.469 e. The number of hydrogen-bond acceptors (Lipinski definition) is 7. The van der Waals surface area contributed by atoms with Crippen molar-refractivity contribution in [3.63, 3.8) is 0 Å². The topological polar surface area (TPSA) is 90.2 Å². The van der Waals surface area contributed by atoms with Gasteiger partial charge in [0, 0.05) is 20.0 Å². The summed E-state index contributed by atoms with van der Waals surface area (Å²) in [6.45, 7) is 1.74. The Morgan fingerprint density at radius 1 is 1.41 bits per heavy atom. The molecule has 0 radical (unpaired) electrons. The van der Waals surface area contributed by atoms with Crippen LogP contribution in [0.5, 0.6) is 0 Å². The van der Waals surface area contributed by atoms with Gasteiger partial charge in [-0.3, -0.25) is 9.59 Å². The van der Waals surface area contributed by atoms with E-state index in [-0.39, 0.29) is 18.5 Å². The number of halogens is 2. The van der Waals surface area contributed by atoms with Crippen molar-refractivity contribution in [1.82, 2.24) is 20.0 Å². The van der Waals surface area contributed by atoms with E-state index in [2.05, 4.69) is 20.0 Å². The SMILES string of the molecule is CCc1nc(-c2nnn(C)c2C=O)ccc1N1C[C@H](CC(=O)OC)CC(F)(F)C1. The Labute approximate surface area is 166 Å². The van der Waals surface area contributed by atoms with Gasteiger partial charge in [-0.05, 0) is 24.5 Å². The molecule has 0 spiro atoms. The zero-order chi connectivity index (χ0) is 21.2. The second-order valence-electron chi connectivity index (χ2n) is 7.17. The van der Waals surface area contributed by atoms with Crippen LogP contribution in [0.1, 0.15) is 35.9 Å². The van der Waals surface area contributed by atoms with E-state index in [1.54, 1.807) is 24.1 Å². The van der Waals surface area contributed by atoms with Gasteiger partial charge in [0.25, 0.3) is 5.92 Å². The highest BCUT2D eigenvalue weighted by molar-refractivity contribution is 5.82. The highest BCUT2D eigenvalue weighted by Crippen LogP contribution is 2.36. The number of alkyl halides is 2. The second kappa shape index (κ2) is 8.22. The summed E-state index contributed by atoms with van der Waals surface area (Å²) < 4.78 is 34.7. The monoisotopic (exact) mass is 407 g/mol. The number of anilines is 1. The summed E-state index contributed by atoms with van der Waals surface area (Å²) in [5.41, 5.74) is 2.28. The van der Waals surface area contributed by atoms with Gasteiger partial charge >= 0.3 is 5.97 Å². The van der Waals surface area contributed by atoms with E-state index in [1.807, 2.05) is 6.92 Å². The Balaban J connectivity index is 1.93. The van der Waals surface area contributed by atoms with Crippen LogP contribution in [0.15, 0.2) is 12.1 Å². The number of methoxy groups -OCH3 is 1. The molecule has 10 heteroatoms. The van der Waals surface area contributed by atoms with Gasteiger partial charge < -0.3 is 9.64 Å².